The molecule has 1 aliphatic carbocycles. The van der Waals surface area contributed by atoms with Crippen molar-refractivity contribution in [3.05, 3.63) is 0 Å². The van der Waals surface area contributed by atoms with Crippen molar-refractivity contribution in [3.63, 3.8) is 0 Å². The van der Waals surface area contributed by atoms with Gasteiger partial charge in [-0.15, -0.1) is 0 Å². The van der Waals surface area contributed by atoms with Gasteiger partial charge in [-0.2, -0.15) is 0 Å². The van der Waals surface area contributed by atoms with Crippen molar-refractivity contribution in [2.24, 2.45) is 17.3 Å². The minimum atomic E-state index is -1.48. The van der Waals surface area contributed by atoms with Crippen LogP contribution in [0.5, 0.6) is 0 Å². The summed E-state index contributed by atoms with van der Waals surface area (Å²) in [5.74, 6) is -2.95. The number of ketones is 1. The molecule has 0 unspecified atom stereocenters. The highest BCUT2D eigenvalue weighted by molar-refractivity contribution is 6.20. The predicted molar refractivity (Wildman–Crippen MR) is 108 cm³/mol. The van der Waals surface area contributed by atoms with Gasteiger partial charge in [-0.05, 0) is 26.2 Å². The Morgan fingerprint density at radius 1 is 0.967 bits per heavy atom. The van der Waals surface area contributed by atoms with E-state index in [0.29, 0.717) is 6.42 Å². The number of nitrogens with zero attached hydrogens (tertiary/aromatic N) is 2. The fourth-order valence-electron chi connectivity index (χ4n) is 5.43. The van der Waals surface area contributed by atoms with Crippen molar-refractivity contribution in [1.82, 2.24) is 9.80 Å². The first-order valence-electron chi connectivity index (χ1n) is 11.0. The number of ether oxygens (including phenoxy) is 2. The summed E-state index contributed by atoms with van der Waals surface area (Å²) in [7, 11) is 2.82. The van der Waals surface area contributed by atoms with Gasteiger partial charge in [-0.3, -0.25) is 24.2 Å². The van der Waals surface area contributed by atoms with Crippen LogP contribution in [0.25, 0.3) is 0 Å². The second-order valence-corrected chi connectivity index (χ2v) is 9.35. The Morgan fingerprint density at radius 2 is 1.60 bits per heavy atom. The molecule has 0 aromatic rings. The van der Waals surface area contributed by atoms with Crippen molar-refractivity contribution in [1.29, 1.82) is 0 Å². The predicted octanol–water partition coefficient (Wildman–Crippen LogP) is 2.74. The van der Waals surface area contributed by atoms with Gasteiger partial charge in [0.2, 0.25) is 11.8 Å². The second kappa shape index (κ2) is 8.38. The van der Waals surface area contributed by atoms with Gasteiger partial charge in [0.15, 0.2) is 5.79 Å². The van der Waals surface area contributed by atoms with E-state index in [1.54, 1.807) is 13.8 Å². The number of imide groups is 2. The quantitative estimate of drug-likeness (QED) is 0.483. The number of hydrogen-bond acceptors (Lipinski definition) is 6. The lowest BCUT2D eigenvalue weighted by molar-refractivity contribution is -0.186. The summed E-state index contributed by atoms with van der Waals surface area (Å²) in [6, 6.07) is -0.639. The van der Waals surface area contributed by atoms with Crippen molar-refractivity contribution >= 4 is 23.6 Å². The largest absolute Gasteiger partial charge is 0.348 e. The topological polar surface area (TPSA) is 93.2 Å². The Bertz CT molecular complexity index is 709. The molecule has 0 aromatic carbocycles. The SMILES string of the molecule is CCCCCC[C@H]1CC(=O)C[C@@H]([C@H]2COC(C)(C)O2)C12C(=O)N(C)C(=O)N(C)C2=O. The van der Waals surface area contributed by atoms with E-state index in [1.165, 1.54) is 14.1 Å². The maximum absolute atomic E-state index is 13.7. The summed E-state index contributed by atoms with van der Waals surface area (Å²) in [6.45, 7) is 5.87. The Morgan fingerprint density at radius 3 is 2.13 bits per heavy atom. The molecule has 4 amide bonds. The Hall–Kier alpha value is -1.80. The fourth-order valence-corrected chi connectivity index (χ4v) is 5.43. The van der Waals surface area contributed by atoms with E-state index in [9.17, 15) is 19.2 Å². The van der Waals surface area contributed by atoms with Gasteiger partial charge in [0.25, 0.3) is 0 Å². The third-order valence-corrected chi connectivity index (χ3v) is 6.93. The summed E-state index contributed by atoms with van der Waals surface area (Å²) in [5, 5.41) is 0. The molecular formula is C22H34N2O6. The summed E-state index contributed by atoms with van der Waals surface area (Å²) in [6.07, 6.45) is 4.21. The molecule has 3 fully saturated rings. The molecule has 1 saturated carbocycles. The average Bonchev–Trinajstić information content (AvgIpc) is 3.06. The lowest BCUT2D eigenvalue weighted by Gasteiger charge is -2.52. The number of carbonyl (C=O) groups excluding carboxylic acids is 4. The third-order valence-electron chi connectivity index (χ3n) is 6.93. The molecule has 0 radical (unpaired) electrons. The van der Waals surface area contributed by atoms with E-state index in [2.05, 4.69) is 6.92 Å². The lowest BCUT2D eigenvalue weighted by Crippen LogP contribution is -2.70. The van der Waals surface area contributed by atoms with Crippen molar-refractivity contribution < 1.29 is 28.7 Å². The van der Waals surface area contributed by atoms with E-state index >= 15 is 0 Å². The molecule has 30 heavy (non-hydrogen) atoms. The number of barbiturate groups is 1. The Balaban J connectivity index is 2.05. The molecule has 8 nitrogen and oxygen atoms in total. The molecule has 2 aliphatic heterocycles. The molecule has 8 heteroatoms. The van der Waals surface area contributed by atoms with Crippen LogP contribution in [0, 0.1) is 17.3 Å². The van der Waals surface area contributed by atoms with E-state index in [4.69, 9.17) is 9.47 Å². The van der Waals surface area contributed by atoms with Crippen LogP contribution in [0.4, 0.5) is 4.79 Å². The number of rotatable bonds is 6. The monoisotopic (exact) mass is 422 g/mol. The third kappa shape index (κ3) is 3.68. The molecule has 3 atom stereocenters. The summed E-state index contributed by atoms with van der Waals surface area (Å²) in [5.41, 5.74) is -1.48. The van der Waals surface area contributed by atoms with E-state index < -0.39 is 47.0 Å². The van der Waals surface area contributed by atoms with Gasteiger partial charge < -0.3 is 9.47 Å². The maximum atomic E-state index is 13.7. The molecule has 0 aromatic heterocycles. The van der Waals surface area contributed by atoms with Crippen LogP contribution in [-0.2, 0) is 23.9 Å². The van der Waals surface area contributed by atoms with Crippen LogP contribution in [0.1, 0.15) is 65.7 Å². The van der Waals surface area contributed by atoms with Crippen molar-refractivity contribution in [2.45, 2.75) is 77.6 Å². The zero-order valence-corrected chi connectivity index (χ0v) is 18.7. The Labute approximate surface area is 178 Å². The number of unbranched alkanes of at least 4 members (excludes halogenated alkanes) is 3. The molecule has 0 N–H and O–H groups in total. The molecular weight excluding hydrogens is 388 g/mol. The van der Waals surface area contributed by atoms with Gasteiger partial charge in [0, 0.05) is 32.9 Å². The van der Waals surface area contributed by atoms with Crippen LogP contribution >= 0.6 is 0 Å². The van der Waals surface area contributed by atoms with Gasteiger partial charge >= 0.3 is 6.03 Å². The van der Waals surface area contributed by atoms with Crippen LogP contribution in [-0.4, -0.2) is 66.0 Å². The minimum absolute atomic E-state index is 0.0298. The van der Waals surface area contributed by atoms with Crippen LogP contribution in [0.3, 0.4) is 0 Å². The second-order valence-electron chi connectivity index (χ2n) is 9.35. The van der Waals surface area contributed by atoms with E-state index in [1.807, 2.05) is 0 Å². The number of urea groups is 1. The lowest BCUT2D eigenvalue weighted by atomic mass is 9.55. The van der Waals surface area contributed by atoms with Crippen molar-refractivity contribution in [3.8, 4) is 0 Å². The maximum Gasteiger partial charge on any atom is 0.332 e. The standard InChI is InChI=1S/C22H34N2O6/c1-6-7-8-9-10-14-11-15(25)12-16(17-13-29-21(2,3)30-17)22(14)18(26)23(4)20(28)24(5)19(22)27/h14,16-17H,6-13H2,1-5H3/t14-,16-,17+/m0/s1. The summed E-state index contributed by atoms with van der Waals surface area (Å²) in [4.78, 5) is 54.6. The van der Waals surface area contributed by atoms with E-state index in [-0.39, 0.29) is 25.2 Å². The number of hydrogen-bond donors (Lipinski definition) is 0. The average molecular weight is 423 g/mol. The highest BCUT2D eigenvalue weighted by Crippen LogP contribution is 2.53. The zero-order chi connectivity index (χ0) is 22.3. The van der Waals surface area contributed by atoms with Crippen LogP contribution in [0.15, 0.2) is 0 Å². The zero-order valence-electron chi connectivity index (χ0n) is 18.7. The highest BCUT2D eigenvalue weighted by Gasteiger charge is 2.67. The van der Waals surface area contributed by atoms with Crippen LogP contribution in [0.2, 0.25) is 0 Å². The molecule has 3 rings (SSSR count). The summed E-state index contributed by atoms with van der Waals surface area (Å²) < 4.78 is 11.8. The van der Waals surface area contributed by atoms with Gasteiger partial charge in [-0.25, -0.2) is 4.79 Å². The first-order valence-corrected chi connectivity index (χ1v) is 11.0. The van der Waals surface area contributed by atoms with Gasteiger partial charge in [-0.1, -0.05) is 32.6 Å². The first kappa shape index (κ1) is 22.9. The number of Topliss-reactive ketones (excluding diaryl/α,β-unsaturated/α-hetero) is 1. The molecule has 1 spiro atoms. The fraction of sp³-hybridized carbons (Fsp3) is 0.818. The van der Waals surface area contributed by atoms with Crippen LogP contribution < -0.4 is 0 Å². The smallest absolute Gasteiger partial charge is 0.332 e. The van der Waals surface area contributed by atoms with E-state index in [0.717, 1.165) is 35.5 Å². The normalized spacial score (nSPS) is 31.2. The van der Waals surface area contributed by atoms with Gasteiger partial charge in [0.05, 0.1) is 12.7 Å². The first-order chi connectivity index (χ1) is 14.1. The molecule has 2 heterocycles. The number of carbonyl (C=O) groups is 4. The molecule has 168 valence electrons. The molecule has 2 saturated heterocycles. The number of amides is 4. The minimum Gasteiger partial charge on any atom is -0.348 e. The van der Waals surface area contributed by atoms with Crippen molar-refractivity contribution in [2.75, 3.05) is 20.7 Å². The molecule has 0 bridgehead atoms. The summed E-state index contributed by atoms with van der Waals surface area (Å²) >= 11 is 0. The Kier molecular flexibility index (Phi) is 6.39. The van der Waals surface area contributed by atoms with Gasteiger partial charge in [0.1, 0.15) is 11.2 Å². The molecule has 3 aliphatic rings. The highest BCUT2D eigenvalue weighted by atomic mass is 16.7.